The lowest BCUT2D eigenvalue weighted by Gasteiger charge is -2.34. The molecule has 2 amide bonds. The van der Waals surface area contributed by atoms with E-state index in [2.05, 4.69) is 5.32 Å². The first kappa shape index (κ1) is 19.5. The second-order valence-electron chi connectivity index (χ2n) is 6.54. The summed E-state index contributed by atoms with van der Waals surface area (Å²) in [7, 11) is 0. The van der Waals surface area contributed by atoms with E-state index in [-0.39, 0.29) is 24.1 Å². The van der Waals surface area contributed by atoms with Crippen LogP contribution in [0.1, 0.15) is 35.4 Å². The van der Waals surface area contributed by atoms with Gasteiger partial charge in [-0.2, -0.15) is 0 Å². The largest absolute Gasteiger partial charge is 0.482 e. The SMILES string of the molecule is O=C(O)COc1cccc(CNC(=O)C2CCCCN2C(=O)c2ccco2)c1. The Morgan fingerprint density at radius 1 is 1.21 bits per heavy atom. The van der Waals surface area contributed by atoms with Crippen molar-refractivity contribution >= 4 is 17.8 Å². The molecule has 1 aromatic carbocycles. The molecule has 1 atom stereocenters. The number of carboxylic acids is 1. The van der Waals surface area contributed by atoms with E-state index in [1.54, 1.807) is 41.3 Å². The van der Waals surface area contributed by atoms with Crippen molar-refractivity contribution in [1.29, 1.82) is 0 Å². The highest BCUT2D eigenvalue weighted by Crippen LogP contribution is 2.20. The van der Waals surface area contributed by atoms with Gasteiger partial charge in [-0.1, -0.05) is 12.1 Å². The van der Waals surface area contributed by atoms with Gasteiger partial charge in [-0.15, -0.1) is 0 Å². The molecule has 2 N–H and O–H groups in total. The van der Waals surface area contributed by atoms with Crippen molar-refractivity contribution in [2.45, 2.75) is 31.8 Å². The van der Waals surface area contributed by atoms with Gasteiger partial charge in [0.05, 0.1) is 6.26 Å². The molecular formula is C20H22N2O6. The van der Waals surface area contributed by atoms with Gasteiger partial charge < -0.3 is 24.5 Å². The Kier molecular flexibility index (Phi) is 6.31. The number of piperidine rings is 1. The number of carbonyl (C=O) groups is 3. The summed E-state index contributed by atoms with van der Waals surface area (Å²) in [6.07, 6.45) is 3.75. The second kappa shape index (κ2) is 9.07. The first-order valence-electron chi connectivity index (χ1n) is 9.10. The fourth-order valence-electron chi connectivity index (χ4n) is 3.19. The maximum atomic E-state index is 12.7. The molecule has 8 heteroatoms. The van der Waals surface area contributed by atoms with Crippen LogP contribution in [0, 0.1) is 0 Å². The Morgan fingerprint density at radius 2 is 2.07 bits per heavy atom. The van der Waals surface area contributed by atoms with E-state index in [0.29, 0.717) is 18.7 Å². The third-order valence-electron chi connectivity index (χ3n) is 4.53. The number of rotatable bonds is 7. The summed E-state index contributed by atoms with van der Waals surface area (Å²) in [5, 5.41) is 11.5. The standard InChI is InChI=1S/C20H22N2O6/c23-18(24)13-28-15-6-3-5-14(11-15)12-21-19(25)16-7-1-2-9-22(16)20(26)17-8-4-10-27-17/h3-6,8,10-11,16H,1-2,7,9,12-13H2,(H,21,25)(H,23,24). The second-order valence-corrected chi connectivity index (χ2v) is 6.54. The molecule has 8 nitrogen and oxygen atoms in total. The molecule has 1 aliphatic heterocycles. The van der Waals surface area contributed by atoms with Crippen LogP contribution in [-0.2, 0) is 16.1 Å². The van der Waals surface area contributed by atoms with E-state index < -0.39 is 18.6 Å². The summed E-state index contributed by atoms with van der Waals surface area (Å²) >= 11 is 0. The number of furan rings is 1. The summed E-state index contributed by atoms with van der Waals surface area (Å²) in [6, 6.07) is 9.56. The van der Waals surface area contributed by atoms with E-state index in [0.717, 1.165) is 18.4 Å². The molecule has 1 unspecified atom stereocenters. The highest BCUT2D eigenvalue weighted by atomic mass is 16.5. The average molecular weight is 386 g/mol. The molecule has 2 aromatic rings. The van der Waals surface area contributed by atoms with Crippen LogP contribution in [0.15, 0.2) is 47.1 Å². The van der Waals surface area contributed by atoms with Crippen LogP contribution >= 0.6 is 0 Å². The predicted molar refractivity (Wildman–Crippen MR) is 98.8 cm³/mol. The van der Waals surface area contributed by atoms with Gasteiger partial charge in [-0.3, -0.25) is 9.59 Å². The van der Waals surface area contributed by atoms with Crippen molar-refractivity contribution in [2.75, 3.05) is 13.2 Å². The van der Waals surface area contributed by atoms with E-state index in [4.69, 9.17) is 14.3 Å². The van der Waals surface area contributed by atoms with Gasteiger partial charge in [0.15, 0.2) is 12.4 Å². The van der Waals surface area contributed by atoms with Gasteiger partial charge in [0, 0.05) is 13.1 Å². The Labute approximate surface area is 162 Å². The normalized spacial score (nSPS) is 16.4. The summed E-state index contributed by atoms with van der Waals surface area (Å²) in [4.78, 5) is 37.5. The third kappa shape index (κ3) is 4.91. The van der Waals surface area contributed by atoms with Gasteiger partial charge in [0.2, 0.25) is 5.91 Å². The Morgan fingerprint density at radius 3 is 2.82 bits per heavy atom. The molecular weight excluding hydrogens is 364 g/mol. The van der Waals surface area contributed by atoms with Crippen molar-refractivity contribution in [3.63, 3.8) is 0 Å². The van der Waals surface area contributed by atoms with Crippen LogP contribution in [-0.4, -0.2) is 47.0 Å². The van der Waals surface area contributed by atoms with Crippen LogP contribution in [0.2, 0.25) is 0 Å². The van der Waals surface area contributed by atoms with E-state index in [1.807, 2.05) is 0 Å². The number of amides is 2. The zero-order valence-corrected chi connectivity index (χ0v) is 15.3. The minimum Gasteiger partial charge on any atom is -0.482 e. The van der Waals surface area contributed by atoms with E-state index in [1.165, 1.54) is 6.26 Å². The minimum absolute atomic E-state index is 0.225. The quantitative estimate of drug-likeness (QED) is 0.754. The number of carbonyl (C=O) groups excluding carboxylic acids is 2. The first-order valence-corrected chi connectivity index (χ1v) is 9.10. The maximum absolute atomic E-state index is 12.7. The highest BCUT2D eigenvalue weighted by molar-refractivity contribution is 5.95. The van der Waals surface area contributed by atoms with Crippen molar-refractivity contribution < 1.29 is 28.6 Å². The fourth-order valence-corrected chi connectivity index (χ4v) is 3.19. The molecule has 0 aliphatic carbocycles. The van der Waals surface area contributed by atoms with Crippen molar-refractivity contribution in [3.05, 3.63) is 54.0 Å². The minimum atomic E-state index is -1.06. The monoisotopic (exact) mass is 386 g/mol. The smallest absolute Gasteiger partial charge is 0.341 e. The molecule has 28 heavy (non-hydrogen) atoms. The van der Waals surface area contributed by atoms with Crippen LogP contribution in [0.3, 0.4) is 0 Å². The maximum Gasteiger partial charge on any atom is 0.341 e. The number of carboxylic acid groups (broad SMARTS) is 1. The molecule has 3 rings (SSSR count). The van der Waals surface area contributed by atoms with Gasteiger partial charge >= 0.3 is 5.97 Å². The van der Waals surface area contributed by atoms with Crippen molar-refractivity contribution in [2.24, 2.45) is 0 Å². The van der Waals surface area contributed by atoms with Crippen LogP contribution in [0.5, 0.6) is 5.75 Å². The van der Waals surface area contributed by atoms with Crippen molar-refractivity contribution in [3.8, 4) is 5.75 Å². The summed E-state index contributed by atoms with van der Waals surface area (Å²) < 4.78 is 10.3. The molecule has 0 spiro atoms. The molecule has 148 valence electrons. The Hall–Kier alpha value is -3.29. The number of nitrogens with zero attached hydrogens (tertiary/aromatic N) is 1. The lowest BCUT2D eigenvalue weighted by atomic mass is 10.0. The Balaban J connectivity index is 1.61. The molecule has 1 saturated heterocycles. The zero-order valence-electron chi connectivity index (χ0n) is 15.3. The predicted octanol–water partition coefficient (Wildman–Crippen LogP) is 2.05. The van der Waals surface area contributed by atoms with Gasteiger partial charge in [-0.25, -0.2) is 4.79 Å². The van der Waals surface area contributed by atoms with E-state index >= 15 is 0 Å². The first-order chi connectivity index (χ1) is 13.5. The highest BCUT2D eigenvalue weighted by Gasteiger charge is 2.33. The number of aliphatic carboxylic acids is 1. The van der Waals surface area contributed by atoms with Gasteiger partial charge in [0.25, 0.3) is 5.91 Å². The number of hydrogen-bond acceptors (Lipinski definition) is 5. The number of nitrogens with one attached hydrogen (secondary N) is 1. The number of likely N-dealkylation sites (tertiary alicyclic amines) is 1. The summed E-state index contributed by atoms with van der Waals surface area (Å²) in [5.74, 6) is -0.924. The van der Waals surface area contributed by atoms with Crippen molar-refractivity contribution in [1.82, 2.24) is 10.2 Å². The molecule has 1 aliphatic rings. The summed E-state index contributed by atoms with van der Waals surface area (Å²) in [6.45, 7) is 0.334. The molecule has 1 aromatic heterocycles. The van der Waals surface area contributed by atoms with Gasteiger partial charge in [0.1, 0.15) is 11.8 Å². The van der Waals surface area contributed by atoms with Crippen LogP contribution in [0.4, 0.5) is 0 Å². The zero-order chi connectivity index (χ0) is 19.9. The lowest BCUT2D eigenvalue weighted by Crippen LogP contribution is -2.51. The van der Waals surface area contributed by atoms with Crippen LogP contribution in [0.25, 0.3) is 0 Å². The lowest BCUT2D eigenvalue weighted by molar-refractivity contribution is -0.139. The molecule has 0 bridgehead atoms. The summed E-state index contributed by atoms with van der Waals surface area (Å²) in [5.41, 5.74) is 0.774. The Bertz CT molecular complexity index is 833. The molecule has 2 heterocycles. The number of benzene rings is 1. The topological polar surface area (TPSA) is 109 Å². The van der Waals surface area contributed by atoms with E-state index in [9.17, 15) is 14.4 Å². The molecule has 1 fully saturated rings. The average Bonchev–Trinajstić information content (AvgIpc) is 3.25. The number of ether oxygens (including phenoxy) is 1. The number of hydrogen-bond donors (Lipinski definition) is 2. The van der Waals surface area contributed by atoms with Gasteiger partial charge in [-0.05, 0) is 49.1 Å². The molecule has 0 saturated carbocycles. The fraction of sp³-hybridized carbons (Fsp3) is 0.350. The molecule has 0 radical (unpaired) electrons. The van der Waals surface area contributed by atoms with Crippen LogP contribution < -0.4 is 10.1 Å². The third-order valence-corrected chi connectivity index (χ3v) is 4.53.